The van der Waals surface area contributed by atoms with E-state index in [1.165, 1.54) is 5.56 Å². The van der Waals surface area contributed by atoms with E-state index >= 15 is 0 Å². The minimum Gasteiger partial charge on any atom is -0.496 e. The molecule has 0 amide bonds. The second kappa shape index (κ2) is 11.7. The van der Waals surface area contributed by atoms with E-state index in [1.54, 1.807) is 7.11 Å². The average molecular weight is 443 g/mol. The number of methoxy groups -OCH3 is 1. The fraction of sp³-hybridized carbons (Fsp3) is 0.440. The van der Waals surface area contributed by atoms with Gasteiger partial charge in [0.05, 0.1) is 19.1 Å². The second-order valence-corrected chi connectivity index (χ2v) is 9.18. The van der Waals surface area contributed by atoms with Crippen molar-refractivity contribution in [3.8, 4) is 5.75 Å². The summed E-state index contributed by atoms with van der Waals surface area (Å²) in [5, 5.41) is 7.08. The number of carbonyl (C=O) groups excluding carboxylic acids is 1. The number of hydrogen-bond acceptors (Lipinski definition) is 4. The van der Waals surface area contributed by atoms with Gasteiger partial charge in [0, 0.05) is 19.0 Å². The van der Waals surface area contributed by atoms with Crippen molar-refractivity contribution in [3.05, 3.63) is 65.2 Å². The molecule has 2 rings (SSSR count). The van der Waals surface area contributed by atoms with Gasteiger partial charge in [0.25, 0.3) is 0 Å². The number of nitrogens with one attached hydrogen (secondary N) is 2. The van der Waals surface area contributed by atoms with E-state index in [4.69, 9.17) is 21.7 Å². The van der Waals surface area contributed by atoms with E-state index in [-0.39, 0.29) is 11.9 Å². The summed E-state index contributed by atoms with van der Waals surface area (Å²) in [6.45, 7) is 9.15. The van der Waals surface area contributed by atoms with Gasteiger partial charge in [0.15, 0.2) is 5.11 Å². The van der Waals surface area contributed by atoms with Crippen molar-refractivity contribution in [1.82, 2.24) is 10.6 Å². The quantitative estimate of drug-likeness (QED) is 0.443. The molecule has 6 heteroatoms. The molecule has 0 aromatic heterocycles. The van der Waals surface area contributed by atoms with Crippen LogP contribution in [0.1, 0.15) is 37.5 Å². The Labute approximate surface area is 191 Å². The van der Waals surface area contributed by atoms with E-state index in [0.29, 0.717) is 24.8 Å². The Bertz CT molecular complexity index is 863. The lowest BCUT2D eigenvalue weighted by Gasteiger charge is -2.22. The maximum Gasteiger partial charge on any atom is 0.311 e. The summed E-state index contributed by atoms with van der Waals surface area (Å²) in [7, 11) is 1.67. The van der Waals surface area contributed by atoms with E-state index in [9.17, 15) is 4.79 Å². The van der Waals surface area contributed by atoms with Gasteiger partial charge in [-0.25, -0.2) is 0 Å². The van der Waals surface area contributed by atoms with Crippen LogP contribution in [0.15, 0.2) is 48.5 Å². The van der Waals surface area contributed by atoms with Gasteiger partial charge in [-0.15, -0.1) is 0 Å². The molecule has 168 valence electrons. The minimum absolute atomic E-state index is 0.105. The van der Waals surface area contributed by atoms with E-state index in [0.717, 1.165) is 23.3 Å². The van der Waals surface area contributed by atoms with Crippen LogP contribution < -0.4 is 15.4 Å². The first-order chi connectivity index (χ1) is 14.7. The first-order valence-electron chi connectivity index (χ1n) is 10.6. The maximum atomic E-state index is 12.2. The van der Waals surface area contributed by atoms with Crippen LogP contribution in [0, 0.1) is 18.3 Å². The van der Waals surface area contributed by atoms with Crippen LogP contribution in [0.25, 0.3) is 0 Å². The Morgan fingerprint density at radius 3 is 2.42 bits per heavy atom. The van der Waals surface area contributed by atoms with Crippen molar-refractivity contribution in [2.24, 2.45) is 11.3 Å². The highest BCUT2D eigenvalue weighted by molar-refractivity contribution is 7.80. The number of carbonyl (C=O) groups is 1. The average Bonchev–Trinajstić information content (AvgIpc) is 2.74. The summed E-state index contributed by atoms with van der Waals surface area (Å²) < 4.78 is 11.0. The Hall–Kier alpha value is -2.60. The summed E-state index contributed by atoms with van der Waals surface area (Å²) in [5.74, 6) is 0.772. The summed E-state index contributed by atoms with van der Waals surface area (Å²) >= 11 is 5.46. The van der Waals surface area contributed by atoms with E-state index in [2.05, 4.69) is 28.8 Å². The monoisotopic (exact) mass is 442 g/mol. The molecule has 0 fully saturated rings. The standard InChI is InChI=1S/C25H34N2O3S/c1-18-11-12-20(14-22(18)29-5)15-26-24(31)27-16-21(13-19-9-7-6-8-10-19)17-30-23(28)25(2,3)4/h6-12,14,21H,13,15-17H2,1-5H3,(H2,26,27,31). The summed E-state index contributed by atoms with van der Waals surface area (Å²) in [6, 6.07) is 16.3. The largest absolute Gasteiger partial charge is 0.496 e. The number of hydrogen-bond donors (Lipinski definition) is 2. The van der Waals surface area contributed by atoms with Gasteiger partial charge in [0.1, 0.15) is 5.75 Å². The van der Waals surface area contributed by atoms with Gasteiger partial charge in [-0.3, -0.25) is 4.79 Å². The molecular weight excluding hydrogens is 408 g/mol. The molecule has 0 saturated carbocycles. The summed E-state index contributed by atoms with van der Waals surface area (Å²) in [4.78, 5) is 12.2. The Morgan fingerprint density at radius 1 is 1.06 bits per heavy atom. The fourth-order valence-electron chi connectivity index (χ4n) is 3.00. The number of benzene rings is 2. The third-order valence-electron chi connectivity index (χ3n) is 4.91. The summed E-state index contributed by atoms with van der Waals surface area (Å²) in [5.41, 5.74) is 2.87. The molecule has 5 nitrogen and oxygen atoms in total. The molecule has 1 atom stereocenters. The predicted molar refractivity (Wildman–Crippen MR) is 129 cm³/mol. The molecule has 0 saturated heterocycles. The highest BCUT2D eigenvalue weighted by Crippen LogP contribution is 2.19. The third kappa shape index (κ3) is 8.58. The van der Waals surface area contributed by atoms with Crippen molar-refractivity contribution in [2.75, 3.05) is 20.3 Å². The Morgan fingerprint density at radius 2 is 1.77 bits per heavy atom. The zero-order valence-electron chi connectivity index (χ0n) is 19.2. The number of thiocarbonyl (C=S) groups is 1. The molecule has 1 unspecified atom stereocenters. The molecule has 0 heterocycles. The lowest BCUT2D eigenvalue weighted by atomic mass is 9.97. The Balaban J connectivity index is 1.90. The van der Waals surface area contributed by atoms with Crippen LogP contribution >= 0.6 is 12.2 Å². The molecule has 0 aliphatic rings. The molecular formula is C25H34N2O3S. The SMILES string of the molecule is COc1cc(CNC(=S)NCC(COC(=O)C(C)(C)C)Cc2ccccc2)ccc1C. The summed E-state index contributed by atoms with van der Waals surface area (Å²) in [6.07, 6.45) is 0.795. The van der Waals surface area contributed by atoms with Crippen LogP contribution in [0.5, 0.6) is 5.75 Å². The lowest BCUT2D eigenvalue weighted by Crippen LogP contribution is -2.39. The molecule has 2 aromatic rings. The molecule has 2 aromatic carbocycles. The van der Waals surface area contributed by atoms with E-state index < -0.39 is 5.41 Å². The third-order valence-corrected chi connectivity index (χ3v) is 5.20. The topological polar surface area (TPSA) is 59.6 Å². The van der Waals surface area contributed by atoms with Crippen molar-refractivity contribution in [3.63, 3.8) is 0 Å². The highest BCUT2D eigenvalue weighted by Gasteiger charge is 2.24. The van der Waals surface area contributed by atoms with Gasteiger partial charge in [-0.2, -0.15) is 0 Å². The molecule has 2 N–H and O–H groups in total. The fourth-order valence-corrected chi connectivity index (χ4v) is 3.16. The lowest BCUT2D eigenvalue weighted by molar-refractivity contribution is -0.154. The van der Waals surface area contributed by atoms with Crippen LogP contribution in [0.3, 0.4) is 0 Å². The minimum atomic E-state index is -0.517. The highest BCUT2D eigenvalue weighted by atomic mass is 32.1. The van der Waals surface area contributed by atoms with Crippen molar-refractivity contribution < 1.29 is 14.3 Å². The van der Waals surface area contributed by atoms with Gasteiger partial charge in [0.2, 0.25) is 0 Å². The van der Waals surface area contributed by atoms with Gasteiger partial charge in [-0.05, 0) is 69.1 Å². The first kappa shape index (κ1) is 24.7. The van der Waals surface area contributed by atoms with Gasteiger partial charge < -0.3 is 20.1 Å². The van der Waals surface area contributed by atoms with E-state index in [1.807, 2.05) is 58.0 Å². The predicted octanol–water partition coefficient (Wildman–Crippen LogP) is 4.42. The zero-order valence-corrected chi connectivity index (χ0v) is 20.0. The van der Waals surface area contributed by atoms with Gasteiger partial charge >= 0.3 is 5.97 Å². The molecule has 0 radical (unpaired) electrons. The molecule has 0 aliphatic carbocycles. The Kier molecular flexibility index (Phi) is 9.31. The smallest absolute Gasteiger partial charge is 0.311 e. The number of ether oxygens (including phenoxy) is 2. The van der Waals surface area contributed by atoms with Crippen LogP contribution in [0.4, 0.5) is 0 Å². The van der Waals surface area contributed by atoms with Crippen molar-refractivity contribution >= 4 is 23.3 Å². The second-order valence-electron chi connectivity index (χ2n) is 8.77. The molecule has 0 aliphatic heterocycles. The van der Waals surface area contributed by atoms with Crippen molar-refractivity contribution in [2.45, 2.75) is 40.7 Å². The van der Waals surface area contributed by atoms with Gasteiger partial charge in [-0.1, -0.05) is 42.5 Å². The first-order valence-corrected chi connectivity index (χ1v) is 11.0. The van der Waals surface area contributed by atoms with Crippen LogP contribution in [-0.2, 0) is 22.5 Å². The van der Waals surface area contributed by atoms with Crippen LogP contribution in [-0.4, -0.2) is 31.3 Å². The number of esters is 1. The zero-order chi connectivity index (χ0) is 22.9. The number of aryl methyl sites for hydroxylation is 1. The number of rotatable bonds is 9. The normalized spacial score (nSPS) is 12.0. The van der Waals surface area contributed by atoms with Crippen LogP contribution in [0.2, 0.25) is 0 Å². The molecule has 0 bridgehead atoms. The molecule has 31 heavy (non-hydrogen) atoms. The maximum absolute atomic E-state index is 12.2. The van der Waals surface area contributed by atoms with Crippen molar-refractivity contribution in [1.29, 1.82) is 0 Å². The molecule has 0 spiro atoms.